The molecular formula is C7H15NS. The summed E-state index contributed by atoms with van der Waals surface area (Å²) in [4.78, 5) is 0. The largest absolute Gasteiger partial charge is 0.261 e. The van der Waals surface area contributed by atoms with Gasteiger partial charge in [-0.1, -0.05) is 25.3 Å². The summed E-state index contributed by atoms with van der Waals surface area (Å²) in [6.45, 7) is 2.22. The first-order chi connectivity index (χ1) is 4.43. The van der Waals surface area contributed by atoms with E-state index in [0.29, 0.717) is 0 Å². The van der Waals surface area contributed by atoms with Gasteiger partial charge in [-0.25, -0.2) is 0 Å². The Hall–Kier alpha value is 0.310. The van der Waals surface area contributed by atoms with Crippen LogP contribution in [0.25, 0.3) is 0 Å². The highest BCUT2D eigenvalue weighted by Crippen LogP contribution is 2.20. The molecule has 0 aliphatic heterocycles. The molecule has 9 heavy (non-hydrogen) atoms. The van der Waals surface area contributed by atoms with Crippen LogP contribution in [0.2, 0.25) is 0 Å². The van der Waals surface area contributed by atoms with Gasteiger partial charge in [-0.05, 0) is 19.3 Å². The van der Waals surface area contributed by atoms with E-state index in [9.17, 15) is 0 Å². The average molecular weight is 145 g/mol. The second kappa shape index (κ2) is 4.18. The Balaban J connectivity index is 1.80. The van der Waals surface area contributed by atoms with Gasteiger partial charge in [-0.2, -0.15) is 0 Å². The molecule has 2 heteroatoms. The van der Waals surface area contributed by atoms with E-state index < -0.39 is 0 Å². The van der Waals surface area contributed by atoms with Crippen LogP contribution in [0.3, 0.4) is 0 Å². The Morgan fingerprint density at radius 1 is 1.56 bits per heavy atom. The second-order valence-electron chi connectivity index (χ2n) is 2.59. The summed E-state index contributed by atoms with van der Waals surface area (Å²) in [7, 11) is 0. The Morgan fingerprint density at radius 3 is 2.78 bits per heavy atom. The van der Waals surface area contributed by atoms with E-state index in [1.165, 1.54) is 31.4 Å². The predicted octanol–water partition coefficient (Wildman–Crippen LogP) is 2.19. The molecular weight excluding hydrogens is 130 g/mol. The molecule has 1 aliphatic carbocycles. The van der Waals surface area contributed by atoms with Crippen molar-refractivity contribution in [3.05, 3.63) is 0 Å². The fraction of sp³-hybridized carbons (Fsp3) is 1.00. The van der Waals surface area contributed by atoms with Gasteiger partial charge in [0.15, 0.2) is 0 Å². The first-order valence-electron chi connectivity index (χ1n) is 3.81. The first kappa shape index (κ1) is 7.42. The molecule has 0 bridgehead atoms. The number of hydrogen-bond acceptors (Lipinski definition) is 2. The summed E-state index contributed by atoms with van der Waals surface area (Å²) < 4.78 is 3.44. The van der Waals surface area contributed by atoms with E-state index in [0.717, 1.165) is 6.04 Å². The average Bonchev–Trinajstić information content (AvgIpc) is 1.76. The number of hydrogen-bond donors (Lipinski definition) is 1. The van der Waals surface area contributed by atoms with E-state index in [1.54, 1.807) is 0 Å². The van der Waals surface area contributed by atoms with Gasteiger partial charge in [-0.3, -0.25) is 4.72 Å². The van der Waals surface area contributed by atoms with Gasteiger partial charge in [0.1, 0.15) is 0 Å². The quantitative estimate of drug-likeness (QED) is 0.481. The van der Waals surface area contributed by atoms with Crippen LogP contribution in [0.4, 0.5) is 0 Å². The third-order valence-corrected chi connectivity index (χ3v) is 2.77. The monoisotopic (exact) mass is 145 g/mol. The zero-order valence-corrected chi connectivity index (χ0v) is 6.84. The molecule has 0 saturated heterocycles. The topological polar surface area (TPSA) is 12.0 Å². The molecule has 1 nitrogen and oxygen atoms in total. The zero-order valence-electron chi connectivity index (χ0n) is 6.02. The van der Waals surface area contributed by atoms with Crippen molar-refractivity contribution in [2.24, 2.45) is 0 Å². The van der Waals surface area contributed by atoms with E-state index >= 15 is 0 Å². The Labute approximate surface area is 61.7 Å². The van der Waals surface area contributed by atoms with Crippen LogP contribution in [0.15, 0.2) is 0 Å². The highest BCUT2D eigenvalue weighted by atomic mass is 32.2. The van der Waals surface area contributed by atoms with Crippen molar-refractivity contribution in [2.45, 2.75) is 38.6 Å². The molecule has 0 unspecified atom stereocenters. The normalized spacial score (nSPS) is 19.7. The van der Waals surface area contributed by atoms with Crippen molar-refractivity contribution in [1.29, 1.82) is 0 Å². The van der Waals surface area contributed by atoms with Gasteiger partial charge in [-0.15, -0.1) is 0 Å². The Kier molecular flexibility index (Phi) is 3.44. The smallest absolute Gasteiger partial charge is 0.0171 e. The molecule has 0 radical (unpaired) electrons. The van der Waals surface area contributed by atoms with E-state index in [2.05, 4.69) is 11.6 Å². The van der Waals surface area contributed by atoms with Crippen LogP contribution in [0, 0.1) is 0 Å². The lowest BCUT2D eigenvalue weighted by Crippen LogP contribution is -2.30. The fourth-order valence-corrected chi connectivity index (χ4v) is 1.60. The van der Waals surface area contributed by atoms with Gasteiger partial charge < -0.3 is 0 Å². The third-order valence-electron chi connectivity index (χ3n) is 1.66. The number of rotatable bonds is 4. The summed E-state index contributed by atoms with van der Waals surface area (Å²) >= 11 is 1.89. The molecule has 1 saturated carbocycles. The van der Waals surface area contributed by atoms with Crippen LogP contribution in [0.5, 0.6) is 0 Å². The van der Waals surface area contributed by atoms with E-state index in [1.807, 2.05) is 11.9 Å². The molecule has 1 fully saturated rings. The maximum atomic E-state index is 3.44. The van der Waals surface area contributed by atoms with Crippen molar-refractivity contribution < 1.29 is 0 Å². The van der Waals surface area contributed by atoms with Gasteiger partial charge in [0, 0.05) is 11.8 Å². The maximum absolute atomic E-state index is 3.44. The van der Waals surface area contributed by atoms with Gasteiger partial charge >= 0.3 is 0 Å². The lowest BCUT2D eigenvalue weighted by atomic mass is 9.94. The minimum absolute atomic E-state index is 0.849. The molecule has 0 spiro atoms. The van der Waals surface area contributed by atoms with Crippen molar-refractivity contribution in [3.63, 3.8) is 0 Å². The highest BCUT2D eigenvalue weighted by molar-refractivity contribution is 7.97. The molecule has 54 valence electrons. The van der Waals surface area contributed by atoms with E-state index in [4.69, 9.17) is 0 Å². The zero-order chi connectivity index (χ0) is 6.53. The fourth-order valence-electron chi connectivity index (χ4n) is 0.805. The molecule has 1 rings (SSSR count). The second-order valence-corrected chi connectivity index (χ2v) is 3.53. The van der Waals surface area contributed by atoms with Gasteiger partial charge in [0.25, 0.3) is 0 Å². The molecule has 0 heterocycles. The van der Waals surface area contributed by atoms with Crippen molar-refractivity contribution in [2.75, 3.05) is 5.75 Å². The molecule has 1 aliphatic rings. The SMILES string of the molecule is CCCSNC1CCC1. The Morgan fingerprint density at radius 2 is 2.33 bits per heavy atom. The van der Waals surface area contributed by atoms with Crippen LogP contribution in [-0.4, -0.2) is 11.8 Å². The first-order valence-corrected chi connectivity index (χ1v) is 4.79. The molecule has 0 amide bonds. The van der Waals surface area contributed by atoms with Crippen molar-refractivity contribution >= 4 is 11.9 Å². The summed E-state index contributed by atoms with van der Waals surface area (Å²) in [5.41, 5.74) is 0. The summed E-state index contributed by atoms with van der Waals surface area (Å²) in [6, 6.07) is 0.849. The summed E-state index contributed by atoms with van der Waals surface area (Å²) in [5.74, 6) is 1.26. The van der Waals surface area contributed by atoms with Gasteiger partial charge in [0.05, 0.1) is 0 Å². The summed E-state index contributed by atoms with van der Waals surface area (Å²) in [6.07, 6.45) is 5.52. The minimum Gasteiger partial charge on any atom is -0.261 e. The predicted molar refractivity (Wildman–Crippen MR) is 43.5 cm³/mol. The molecule has 0 aromatic heterocycles. The van der Waals surface area contributed by atoms with Crippen LogP contribution >= 0.6 is 11.9 Å². The lowest BCUT2D eigenvalue weighted by molar-refractivity contribution is 0.395. The van der Waals surface area contributed by atoms with Crippen LogP contribution < -0.4 is 4.72 Å². The number of nitrogens with one attached hydrogen (secondary N) is 1. The molecule has 0 aromatic carbocycles. The van der Waals surface area contributed by atoms with Gasteiger partial charge in [0.2, 0.25) is 0 Å². The van der Waals surface area contributed by atoms with Crippen LogP contribution in [-0.2, 0) is 0 Å². The van der Waals surface area contributed by atoms with Crippen LogP contribution in [0.1, 0.15) is 32.6 Å². The molecule has 1 N–H and O–H groups in total. The minimum atomic E-state index is 0.849. The van der Waals surface area contributed by atoms with Crippen molar-refractivity contribution in [3.8, 4) is 0 Å². The van der Waals surface area contributed by atoms with E-state index in [-0.39, 0.29) is 0 Å². The lowest BCUT2D eigenvalue weighted by Gasteiger charge is -2.25. The Bertz CT molecular complexity index is 71.3. The highest BCUT2D eigenvalue weighted by Gasteiger charge is 2.15. The third kappa shape index (κ3) is 2.59. The molecule has 0 aromatic rings. The summed E-state index contributed by atoms with van der Waals surface area (Å²) in [5, 5.41) is 0. The molecule has 0 atom stereocenters. The standard InChI is InChI=1S/C7H15NS/c1-2-6-9-8-7-4-3-5-7/h7-8H,2-6H2,1H3. The maximum Gasteiger partial charge on any atom is 0.0171 e. The van der Waals surface area contributed by atoms with Crippen molar-refractivity contribution in [1.82, 2.24) is 4.72 Å².